The number of hydrogen-bond acceptors (Lipinski definition) is 8. The van der Waals surface area contributed by atoms with Gasteiger partial charge in [0.25, 0.3) is 11.6 Å². The van der Waals surface area contributed by atoms with Crippen molar-refractivity contribution < 1.29 is 24.0 Å². The minimum Gasteiger partial charge on any atom is -0.493 e. The highest BCUT2D eigenvalue weighted by molar-refractivity contribution is 8.26. The van der Waals surface area contributed by atoms with E-state index in [4.69, 9.17) is 21.7 Å². The summed E-state index contributed by atoms with van der Waals surface area (Å²) in [5.41, 5.74) is 0.533. The van der Waals surface area contributed by atoms with Crippen molar-refractivity contribution in [3.63, 3.8) is 0 Å². The second-order valence-corrected chi connectivity index (χ2v) is 9.63. The molecule has 0 spiro atoms. The number of rotatable bonds is 6. The highest BCUT2D eigenvalue weighted by atomic mass is 32.2. The Morgan fingerprint density at radius 1 is 1.18 bits per heavy atom. The maximum absolute atomic E-state index is 13.0. The quantitative estimate of drug-likeness (QED) is 0.131. The van der Waals surface area contributed by atoms with E-state index in [9.17, 15) is 19.7 Å². The number of methoxy groups -OCH3 is 1. The number of benzene rings is 2. The molecule has 0 unspecified atom stereocenters. The zero-order valence-corrected chi connectivity index (χ0v) is 20.0. The first-order valence-corrected chi connectivity index (χ1v) is 12.0. The highest BCUT2D eigenvalue weighted by Gasteiger charge is 2.37. The number of nitro groups is 1. The van der Waals surface area contributed by atoms with Gasteiger partial charge in [0.1, 0.15) is 4.32 Å². The van der Waals surface area contributed by atoms with Crippen LogP contribution in [0.4, 0.5) is 5.69 Å². The lowest BCUT2D eigenvalue weighted by molar-refractivity contribution is -0.384. The monoisotopic (exact) mass is 498 g/mol. The molecule has 0 bridgehead atoms. The lowest BCUT2D eigenvalue weighted by Crippen LogP contribution is -2.39. The summed E-state index contributed by atoms with van der Waals surface area (Å²) in [6.45, 7) is 0. The first kappa shape index (κ1) is 23.9. The molecule has 0 aromatic heterocycles. The number of carbonyl (C=O) groups excluding carboxylic acids is 2. The van der Waals surface area contributed by atoms with Crippen LogP contribution >= 0.6 is 24.0 Å². The van der Waals surface area contributed by atoms with E-state index in [1.807, 2.05) is 0 Å². The lowest BCUT2D eigenvalue weighted by atomic mass is 9.94. The van der Waals surface area contributed by atoms with E-state index in [2.05, 4.69) is 0 Å². The zero-order chi connectivity index (χ0) is 24.2. The molecule has 0 atom stereocenters. The maximum Gasteiger partial charge on any atom is 0.343 e. The van der Waals surface area contributed by atoms with E-state index >= 15 is 0 Å². The first-order valence-electron chi connectivity index (χ1n) is 10.8. The molecule has 2 aromatic carbocycles. The van der Waals surface area contributed by atoms with Crippen molar-refractivity contribution in [1.29, 1.82) is 0 Å². The van der Waals surface area contributed by atoms with Gasteiger partial charge in [-0.25, -0.2) is 4.79 Å². The van der Waals surface area contributed by atoms with Crippen molar-refractivity contribution in [2.24, 2.45) is 0 Å². The van der Waals surface area contributed by atoms with E-state index < -0.39 is 10.9 Å². The van der Waals surface area contributed by atoms with E-state index in [1.165, 1.54) is 43.5 Å². The Labute approximate surface area is 206 Å². The minimum atomic E-state index is -0.747. The van der Waals surface area contributed by atoms with Gasteiger partial charge in [0, 0.05) is 18.2 Å². The predicted octanol–water partition coefficient (Wildman–Crippen LogP) is 5.36. The molecule has 0 radical (unpaired) electrons. The summed E-state index contributed by atoms with van der Waals surface area (Å²) in [5.74, 6) is -0.383. The number of esters is 1. The largest absolute Gasteiger partial charge is 0.493 e. The molecule has 2 aliphatic rings. The number of thioether (sulfide) groups is 1. The van der Waals surface area contributed by atoms with Crippen LogP contribution in [-0.4, -0.2) is 39.2 Å². The van der Waals surface area contributed by atoms with Gasteiger partial charge in [0.15, 0.2) is 11.5 Å². The summed E-state index contributed by atoms with van der Waals surface area (Å²) in [7, 11) is 1.44. The maximum atomic E-state index is 13.0. The first-order chi connectivity index (χ1) is 16.4. The van der Waals surface area contributed by atoms with Crippen LogP contribution in [0.2, 0.25) is 0 Å². The molecule has 1 aliphatic heterocycles. The number of nitro benzene ring substituents is 1. The summed E-state index contributed by atoms with van der Waals surface area (Å²) in [6.07, 6.45) is 7.09. The van der Waals surface area contributed by atoms with Crippen molar-refractivity contribution in [1.82, 2.24) is 4.90 Å². The average molecular weight is 499 g/mol. The predicted molar refractivity (Wildman–Crippen MR) is 133 cm³/mol. The fourth-order valence-corrected chi connectivity index (χ4v) is 5.45. The van der Waals surface area contributed by atoms with Gasteiger partial charge >= 0.3 is 5.97 Å². The van der Waals surface area contributed by atoms with E-state index in [-0.39, 0.29) is 34.7 Å². The van der Waals surface area contributed by atoms with E-state index in [0.717, 1.165) is 31.7 Å². The Morgan fingerprint density at radius 2 is 1.94 bits per heavy atom. The zero-order valence-electron chi connectivity index (χ0n) is 18.4. The van der Waals surface area contributed by atoms with Crippen LogP contribution in [0.25, 0.3) is 6.08 Å². The SMILES string of the molecule is COc1cc(/C=C2\SC(=S)N(C3CCCCC3)C2=O)ccc1OC(=O)c1cccc([N+](=O)[O-])c1. The van der Waals surface area contributed by atoms with Crippen LogP contribution in [0.3, 0.4) is 0 Å². The van der Waals surface area contributed by atoms with E-state index in [1.54, 1.807) is 29.2 Å². The Balaban J connectivity index is 1.52. The van der Waals surface area contributed by atoms with Crippen LogP contribution < -0.4 is 9.47 Å². The number of ether oxygens (including phenoxy) is 2. The number of thiocarbonyl (C=S) groups is 1. The molecule has 2 aromatic rings. The number of amides is 1. The van der Waals surface area contributed by atoms with Crippen molar-refractivity contribution in [3.8, 4) is 11.5 Å². The molecule has 1 amide bonds. The highest BCUT2D eigenvalue weighted by Crippen LogP contribution is 2.38. The molecule has 10 heteroatoms. The van der Waals surface area contributed by atoms with Gasteiger partial charge in [-0.3, -0.25) is 19.8 Å². The van der Waals surface area contributed by atoms with Gasteiger partial charge < -0.3 is 9.47 Å². The molecule has 1 heterocycles. The third-order valence-corrected chi connectivity index (χ3v) is 7.07. The molecule has 34 heavy (non-hydrogen) atoms. The fraction of sp³-hybridized carbons (Fsp3) is 0.292. The third kappa shape index (κ3) is 5.13. The van der Waals surface area contributed by atoms with Crippen LogP contribution in [0, 0.1) is 10.1 Å². The minimum absolute atomic E-state index is 0.0479. The molecule has 2 fully saturated rings. The van der Waals surface area contributed by atoms with Crippen LogP contribution in [0.1, 0.15) is 48.0 Å². The van der Waals surface area contributed by atoms with Gasteiger partial charge in [-0.2, -0.15) is 0 Å². The van der Waals surface area contributed by atoms with Crippen molar-refractivity contribution >= 4 is 51.9 Å². The smallest absolute Gasteiger partial charge is 0.343 e. The second kappa shape index (κ2) is 10.4. The lowest BCUT2D eigenvalue weighted by Gasteiger charge is -2.29. The van der Waals surface area contributed by atoms with Crippen molar-refractivity contribution in [2.45, 2.75) is 38.1 Å². The Kier molecular flexibility index (Phi) is 7.28. The van der Waals surface area contributed by atoms with Gasteiger partial charge in [-0.15, -0.1) is 0 Å². The number of non-ortho nitro benzene ring substituents is 1. The Hall–Kier alpha value is -3.24. The third-order valence-electron chi connectivity index (χ3n) is 5.74. The second-order valence-electron chi connectivity index (χ2n) is 7.95. The van der Waals surface area contributed by atoms with Crippen LogP contribution in [-0.2, 0) is 4.79 Å². The van der Waals surface area contributed by atoms with Gasteiger partial charge in [0.2, 0.25) is 0 Å². The van der Waals surface area contributed by atoms with Crippen LogP contribution in [0.15, 0.2) is 47.4 Å². The average Bonchev–Trinajstić information content (AvgIpc) is 3.12. The summed E-state index contributed by atoms with van der Waals surface area (Å²) in [4.78, 5) is 38.2. The number of hydrogen-bond donors (Lipinski definition) is 0. The molecule has 8 nitrogen and oxygen atoms in total. The molecule has 1 saturated carbocycles. The molecule has 1 aliphatic carbocycles. The molecule has 1 saturated heterocycles. The molecular formula is C24H22N2O6S2. The summed E-state index contributed by atoms with van der Waals surface area (Å²) >= 11 is 6.77. The van der Waals surface area contributed by atoms with E-state index in [0.29, 0.717) is 14.8 Å². The molecular weight excluding hydrogens is 476 g/mol. The normalized spacial score (nSPS) is 17.8. The van der Waals surface area contributed by atoms with Crippen molar-refractivity contribution in [3.05, 3.63) is 68.6 Å². The van der Waals surface area contributed by atoms with Crippen molar-refractivity contribution in [2.75, 3.05) is 7.11 Å². The van der Waals surface area contributed by atoms with Gasteiger partial charge in [-0.05, 0) is 42.7 Å². The topological polar surface area (TPSA) is 99.0 Å². The van der Waals surface area contributed by atoms with Crippen LogP contribution in [0.5, 0.6) is 11.5 Å². The van der Waals surface area contributed by atoms with Gasteiger partial charge in [-0.1, -0.05) is 55.4 Å². The molecule has 4 rings (SSSR count). The summed E-state index contributed by atoms with van der Waals surface area (Å²) in [5, 5.41) is 11.0. The number of carbonyl (C=O) groups is 2. The summed E-state index contributed by atoms with van der Waals surface area (Å²) < 4.78 is 11.4. The summed E-state index contributed by atoms with van der Waals surface area (Å²) in [6, 6.07) is 10.4. The standard InChI is InChI=1S/C24H22N2O6S2/c1-31-20-12-15(13-21-22(27)25(24(33)34-21)17-7-3-2-4-8-17)10-11-19(20)32-23(28)16-6-5-9-18(14-16)26(29)30/h5-6,9-14,17H,2-4,7-8H2,1H3/b21-13-. The number of nitrogens with zero attached hydrogens (tertiary/aromatic N) is 2. The molecule has 176 valence electrons. The Bertz CT molecular complexity index is 1190. The fourth-order valence-electron chi connectivity index (χ4n) is 4.05. The molecule has 0 N–H and O–H groups in total. The van der Waals surface area contributed by atoms with Gasteiger partial charge in [0.05, 0.1) is 22.5 Å². The Morgan fingerprint density at radius 3 is 2.65 bits per heavy atom.